The van der Waals surface area contributed by atoms with Gasteiger partial charge < -0.3 is 0 Å². The van der Waals surface area contributed by atoms with Crippen LogP contribution >= 0.6 is 0 Å². The first-order valence-corrected chi connectivity index (χ1v) is 9.87. The summed E-state index contributed by atoms with van der Waals surface area (Å²) in [5, 5.41) is 5.27. The Bertz CT molecular complexity index is 945. The molecule has 0 atom stereocenters. The minimum Gasteiger partial charge on any atom is -0.0616 e. The average Bonchev–Trinajstić information content (AvgIpc) is 2.59. The molecule has 0 saturated carbocycles. The molecule has 0 nitrogen and oxygen atoms in total. The van der Waals surface area contributed by atoms with E-state index in [1.165, 1.54) is 37.6 Å². The summed E-state index contributed by atoms with van der Waals surface area (Å²) in [5.41, 5.74) is 2.67. The van der Waals surface area contributed by atoms with Gasteiger partial charge in [0.15, 0.2) is 4.90 Å². The van der Waals surface area contributed by atoms with Crippen molar-refractivity contribution in [1.29, 1.82) is 0 Å². The predicted octanol–water partition coefficient (Wildman–Crippen LogP) is 5.90. The van der Waals surface area contributed by atoms with Gasteiger partial charge in [-0.1, -0.05) is 60.7 Å². The molecule has 0 fully saturated rings. The van der Waals surface area contributed by atoms with Gasteiger partial charge in [0.25, 0.3) is 0 Å². The van der Waals surface area contributed by atoms with E-state index >= 15 is 0 Å². The van der Waals surface area contributed by atoms with Crippen LogP contribution in [-0.2, 0) is 10.9 Å². The molecule has 1 heteroatoms. The van der Waals surface area contributed by atoms with Crippen molar-refractivity contribution in [1.82, 2.24) is 0 Å². The highest BCUT2D eigenvalue weighted by Gasteiger charge is 2.13. The third-order valence-electron chi connectivity index (χ3n) is 4.37. The molecule has 23 heavy (non-hydrogen) atoms. The second-order valence-electron chi connectivity index (χ2n) is 6.04. The highest BCUT2D eigenvalue weighted by atomic mass is 32.2. The molecule has 0 unspecified atom stereocenters. The second kappa shape index (κ2) is 5.75. The Balaban J connectivity index is 2.13. The maximum Gasteiger partial charge on any atom is 0.154 e. The molecule has 4 aromatic rings. The van der Waals surface area contributed by atoms with Crippen LogP contribution in [0.1, 0.15) is 0 Å². The molecule has 112 valence electrons. The highest BCUT2D eigenvalue weighted by molar-refractivity contribution is 7.95. The Morgan fingerprint density at radius 2 is 1.22 bits per heavy atom. The molecule has 0 radical (unpaired) electrons. The molecule has 0 aliphatic rings. The van der Waals surface area contributed by atoms with Gasteiger partial charge in [0.1, 0.15) is 12.5 Å². The van der Waals surface area contributed by atoms with Crippen molar-refractivity contribution in [3.05, 3.63) is 78.9 Å². The number of fused-ring (bicyclic) bond motifs is 2. The average molecular weight is 315 g/mol. The summed E-state index contributed by atoms with van der Waals surface area (Å²) in [7, 11) is 0.270. The van der Waals surface area contributed by atoms with E-state index in [0.717, 1.165) is 0 Å². The molecule has 4 aromatic carbocycles. The zero-order chi connectivity index (χ0) is 15.8. The van der Waals surface area contributed by atoms with Crippen LogP contribution in [-0.4, -0.2) is 12.5 Å². The van der Waals surface area contributed by atoms with Gasteiger partial charge in [-0.15, -0.1) is 0 Å². The lowest BCUT2D eigenvalue weighted by Gasteiger charge is -2.12. The number of rotatable bonds is 2. The predicted molar refractivity (Wildman–Crippen MR) is 104 cm³/mol. The minimum absolute atomic E-state index is 0.270. The Morgan fingerprint density at radius 1 is 0.609 bits per heavy atom. The Labute approximate surface area is 140 Å². The molecule has 0 aliphatic heterocycles. The van der Waals surface area contributed by atoms with Crippen LogP contribution in [0.4, 0.5) is 0 Å². The van der Waals surface area contributed by atoms with Gasteiger partial charge in [0, 0.05) is 17.0 Å². The van der Waals surface area contributed by atoms with Crippen molar-refractivity contribution in [2.45, 2.75) is 4.90 Å². The van der Waals surface area contributed by atoms with Crippen LogP contribution in [0.5, 0.6) is 0 Å². The van der Waals surface area contributed by atoms with E-state index < -0.39 is 0 Å². The summed E-state index contributed by atoms with van der Waals surface area (Å²) in [6, 6.07) is 28.7. The quantitative estimate of drug-likeness (QED) is 0.319. The number of benzene rings is 4. The van der Waals surface area contributed by atoms with Gasteiger partial charge >= 0.3 is 0 Å². The third kappa shape index (κ3) is 2.51. The van der Waals surface area contributed by atoms with E-state index in [1.54, 1.807) is 0 Å². The molecular weight excluding hydrogens is 296 g/mol. The first-order valence-electron chi connectivity index (χ1n) is 7.82. The second-order valence-corrected chi connectivity index (χ2v) is 8.14. The Morgan fingerprint density at radius 3 is 1.83 bits per heavy atom. The lowest BCUT2D eigenvalue weighted by molar-refractivity contribution is 1.45. The van der Waals surface area contributed by atoms with Crippen molar-refractivity contribution in [2.24, 2.45) is 0 Å². The molecule has 0 bridgehead atoms. The van der Waals surface area contributed by atoms with Crippen molar-refractivity contribution >= 4 is 32.4 Å². The van der Waals surface area contributed by atoms with Crippen LogP contribution in [0.15, 0.2) is 83.8 Å². The maximum atomic E-state index is 2.36. The minimum atomic E-state index is 0.270. The van der Waals surface area contributed by atoms with Crippen LogP contribution in [0, 0.1) is 0 Å². The van der Waals surface area contributed by atoms with E-state index in [9.17, 15) is 0 Å². The smallest absolute Gasteiger partial charge is 0.0616 e. The number of hydrogen-bond acceptors (Lipinski definition) is 0. The monoisotopic (exact) mass is 315 g/mol. The van der Waals surface area contributed by atoms with E-state index in [-0.39, 0.29) is 10.9 Å². The molecule has 0 N–H and O–H groups in total. The molecule has 4 rings (SSSR count). The summed E-state index contributed by atoms with van der Waals surface area (Å²) < 4.78 is 0. The standard InChI is InChI=1S/C22H19S/c1-23(2)19-11-7-10-18(15-19)22-20-12-5-3-8-16(20)14-17-9-4-6-13-21(17)22/h3-15H,1-2H3/q+1. The van der Waals surface area contributed by atoms with E-state index in [2.05, 4.69) is 91.4 Å². The van der Waals surface area contributed by atoms with Gasteiger partial charge in [0.2, 0.25) is 0 Å². The fraction of sp³-hybridized carbons (Fsp3) is 0.0909. The van der Waals surface area contributed by atoms with E-state index in [4.69, 9.17) is 0 Å². The fourth-order valence-electron chi connectivity index (χ4n) is 3.23. The summed E-state index contributed by atoms with van der Waals surface area (Å²) in [4.78, 5) is 1.42. The third-order valence-corrected chi connectivity index (χ3v) is 5.56. The fourth-order valence-corrected chi connectivity index (χ4v) is 3.94. The van der Waals surface area contributed by atoms with Crippen molar-refractivity contribution in [3.63, 3.8) is 0 Å². The van der Waals surface area contributed by atoms with E-state index in [1.807, 2.05) is 0 Å². The summed E-state index contributed by atoms with van der Waals surface area (Å²) in [6.45, 7) is 0. The van der Waals surface area contributed by atoms with Gasteiger partial charge in [0.05, 0.1) is 0 Å². The highest BCUT2D eigenvalue weighted by Crippen LogP contribution is 2.36. The molecular formula is C22H19S+. The van der Waals surface area contributed by atoms with Crippen LogP contribution in [0.2, 0.25) is 0 Å². The largest absolute Gasteiger partial charge is 0.154 e. The number of hydrogen-bond donors (Lipinski definition) is 0. The lowest BCUT2D eigenvalue weighted by atomic mass is 9.92. The first kappa shape index (κ1) is 14.3. The van der Waals surface area contributed by atoms with Crippen molar-refractivity contribution in [2.75, 3.05) is 12.5 Å². The molecule has 0 heterocycles. The zero-order valence-corrected chi connectivity index (χ0v) is 14.2. The van der Waals surface area contributed by atoms with Crippen molar-refractivity contribution in [3.8, 4) is 11.1 Å². The van der Waals surface area contributed by atoms with Crippen molar-refractivity contribution < 1.29 is 0 Å². The summed E-state index contributed by atoms with van der Waals surface area (Å²) in [5.74, 6) is 0. The van der Waals surface area contributed by atoms with Crippen LogP contribution in [0.3, 0.4) is 0 Å². The lowest BCUT2D eigenvalue weighted by Crippen LogP contribution is -1.95. The maximum absolute atomic E-state index is 2.36. The SMILES string of the molecule is C[S+](C)c1cccc(-c2c3ccccc3cc3ccccc23)c1. The summed E-state index contributed by atoms with van der Waals surface area (Å²) in [6.07, 6.45) is 4.56. The van der Waals surface area contributed by atoms with Gasteiger partial charge in [-0.3, -0.25) is 0 Å². The first-order chi connectivity index (χ1) is 11.2. The molecule has 0 aromatic heterocycles. The van der Waals surface area contributed by atoms with Crippen LogP contribution in [0.25, 0.3) is 32.7 Å². The Kier molecular flexibility index (Phi) is 3.59. The normalized spacial score (nSPS) is 11.4. The van der Waals surface area contributed by atoms with Gasteiger partial charge in [-0.2, -0.15) is 0 Å². The zero-order valence-electron chi connectivity index (χ0n) is 13.4. The van der Waals surface area contributed by atoms with Gasteiger partial charge in [-0.05, 0) is 44.8 Å². The summed E-state index contributed by atoms with van der Waals surface area (Å²) >= 11 is 0. The molecule has 0 aliphatic carbocycles. The molecule has 0 amide bonds. The van der Waals surface area contributed by atoms with Gasteiger partial charge in [-0.25, -0.2) is 0 Å². The molecule has 0 saturated heterocycles. The topological polar surface area (TPSA) is 0 Å². The Hall–Kier alpha value is -2.25. The van der Waals surface area contributed by atoms with E-state index in [0.29, 0.717) is 0 Å². The molecule has 0 spiro atoms. The van der Waals surface area contributed by atoms with Crippen LogP contribution < -0.4 is 0 Å².